The summed E-state index contributed by atoms with van der Waals surface area (Å²) in [5.74, 6) is 1.88. The van der Waals surface area contributed by atoms with Gasteiger partial charge < -0.3 is 9.64 Å². The van der Waals surface area contributed by atoms with Crippen molar-refractivity contribution in [2.24, 2.45) is 11.8 Å². The second kappa shape index (κ2) is 12.6. The summed E-state index contributed by atoms with van der Waals surface area (Å²) in [6.45, 7) is 12.8. The highest BCUT2D eigenvalue weighted by molar-refractivity contribution is 6.35. The number of likely N-dealkylation sites (tertiary alicyclic amines) is 1. The Balaban J connectivity index is 1.28. The molecule has 1 aromatic carbocycles. The van der Waals surface area contributed by atoms with Crippen LogP contribution in [0, 0.1) is 18.8 Å². The molecule has 2 aliphatic rings. The van der Waals surface area contributed by atoms with Crippen molar-refractivity contribution in [2.75, 3.05) is 37.7 Å². The van der Waals surface area contributed by atoms with Gasteiger partial charge in [0.05, 0.1) is 24.5 Å². The minimum absolute atomic E-state index is 0.0680. The fourth-order valence-corrected chi connectivity index (χ4v) is 7.08. The maximum absolute atomic E-state index is 11.9. The lowest BCUT2D eigenvalue weighted by Crippen LogP contribution is -2.53. The zero-order valence-electron chi connectivity index (χ0n) is 23.9. The maximum Gasteiger partial charge on any atom is 0.305 e. The molecule has 40 heavy (non-hydrogen) atoms. The standard InChI is InChI=1S/C30H40Cl2N6O2/c1-5-40-28(39)11-8-22-7-6-13-36(18-22)26-12-14-37(17-19(26)2)27-16-33-29-20(3)35-38(30(29)34-27)21(4)24-10-9-23(31)15-25(24)32/h9-10,15-16,19,21-22,26H,5-8,11-14,17-18H2,1-4H3/t19-,21?,22?,26+/m0/s1. The number of hydrogen-bond acceptors (Lipinski definition) is 7. The molecule has 0 spiro atoms. The second-order valence-electron chi connectivity index (χ2n) is 11.4. The van der Waals surface area contributed by atoms with E-state index < -0.39 is 0 Å². The zero-order chi connectivity index (χ0) is 28.4. The molecule has 0 amide bonds. The number of halogens is 2. The number of benzene rings is 1. The van der Waals surface area contributed by atoms with E-state index in [2.05, 4.69) is 23.6 Å². The second-order valence-corrected chi connectivity index (χ2v) is 12.2. The fourth-order valence-electron chi connectivity index (χ4n) is 6.51. The highest BCUT2D eigenvalue weighted by Gasteiger charge is 2.34. The summed E-state index contributed by atoms with van der Waals surface area (Å²) >= 11 is 12.7. The molecule has 0 N–H and O–H groups in total. The lowest BCUT2D eigenvalue weighted by molar-refractivity contribution is -0.143. The van der Waals surface area contributed by atoms with E-state index in [0.29, 0.717) is 41.0 Å². The molecule has 216 valence electrons. The van der Waals surface area contributed by atoms with Crippen molar-refractivity contribution < 1.29 is 9.53 Å². The number of aromatic nitrogens is 4. The van der Waals surface area contributed by atoms with Gasteiger partial charge in [0.1, 0.15) is 11.3 Å². The number of nitrogens with zero attached hydrogens (tertiary/aromatic N) is 6. The smallest absolute Gasteiger partial charge is 0.305 e. The molecular formula is C30H40Cl2N6O2. The van der Waals surface area contributed by atoms with E-state index >= 15 is 0 Å². The number of anilines is 1. The van der Waals surface area contributed by atoms with Crippen molar-refractivity contribution in [1.82, 2.24) is 24.6 Å². The Morgan fingerprint density at radius 1 is 1.20 bits per heavy atom. The molecule has 2 saturated heterocycles. The lowest BCUT2D eigenvalue weighted by Gasteiger charge is -2.46. The first-order chi connectivity index (χ1) is 19.2. The van der Waals surface area contributed by atoms with Gasteiger partial charge >= 0.3 is 5.97 Å². The van der Waals surface area contributed by atoms with Crippen LogP contribution in [0.4, 0.5) is 5.82 Å². The Morgan fingerprint density at radius 3 is 2.77 bits per heavy atom. The van der Waals surface area contributed by atoms with Crippen molar-refractivity contribution in [3.63, 3.8) is 0 Å². The highest BCUT2D eigenvalue weighted by atomic mass is 35.5. The Hall–Kier alpha value is -2.42. The van der Waals surface area contributed by atoms with E-state index in [0.717, 1.165) is 67.3 Å². The van der Waals surface area contributed by atoms with Crippen molar-refractivity contribution in [3.05, 3.63) is 45.7 Å². The van der Waals surface area contributed by atoms with Crippen LogP contribution in [0.3, 0.4) is 0 Å². The normalized spacial score (nSPS) is 22.9. The quantitative estimate of drug-likeness (QED) is 0.286. The van der Waals surface area contributed by atoms with Gasteiger partial charge in [0, 0.05) is 42.1 Å². The molecule has 0 radical (unpaired) electrons. The van der Waals surface area contributed by atoms with E-state index in [1.54, 1.807) is 6.07 Å². The number of fused-ring (bicyclic) bond motifs is 1. The Morgan fingerprint density at radius 2 is 2.02 bits per heavy atom. The number of esters is 1. The van der Waals surface area contributed by atoms with Gasteiger partial charge in [-0.2, -0.15) is 5.10 Å². The van der Waals surface area contributed by atoms with Crippen LogP contribution < -0.4 is 4.90 Å². The van der Waals surface area contributed by atoms with Gasteiger partial charge in [0.15, 0.2) is 5.65 Å². The van der Waals surface area contributed by atoms with E-state index in [4.69, 9.17) is 43.0 Å². The third-order valence-electron chi connectivity index (χ3n) is 8.60. The predicted molar refractivity (Wildman–Crippen MR) is 160 cm³/mol. The maximum atomic E-state index is 11.9. The molecule has 0 saturated carbocycles. The topological polar surface area (TPSA) is 76.4 Å². The lowest BCUT2D eigenvalue weighted by atomic mass is 9.87. The van der Waals surface area contributed by atoms with Crippen LogP contribution in [-0.4, -0.2) is 69.4 Å². The third kappa shape index (κ3) is 6.24. The number of piperidine rings is 2. The molecule has 10 heteroatoms. The molecule has 4 atom stereocenters. The molecule has 5 rings (SSSR count). The summed E-state index contributed by atoms with van der Waals surface area (Å²) in [4.78, 5) is 26.8. The number of aryl methyl sites for hydroxylation is 1. The molecular weight excluding hydrogens is 547 g/mol. The highest BCUT2D eigenvalue weighted by Crippen LogP contribution is 2.33. The van der Waals surface area contributed by atoms with Gasteiger partial charge in [-0.3, -0.25) is 9.69 Å². The fraction of sp³-hybridized carbons (Fsp3) is 0.600. The van der Waals surface area contributed by atoms with Gasteiger partial charge in [-0.1, -0.05) is 36.2 Å². The van der Waals surface area contributed by atoms with E-state index in [1.807, 2.05) is 36.9 Å². The monoisotopic (exact) mass is 586 g/mol. The largest absolute Gasteiger partial charge is 0.466 e. The average Bonchev–Trinajstić information content (AvgIpc) is 3.27. The van der Waals surface area contributed by atoms with Gasteiger partial charge in [-0.25, -0.2) is 14.6 Å². The van der Waals surface area contributed by atoms with Crippen LogP contribution in [0.2, 0.25) is 10.0 Å². The molecule has 3 aromatic rings. The van der Waals surface area contributed by atoms with Crippen LogP contribution in [0.1, 0.15) is 70.2 Å². The number of ether oxygens (including phenoxy) is 1. The van der Waals surface area contributed by atoms with Crippen LogP contribution in [0.15, 0.2) is 24.4 Å². The first-order valence-corrected chi connectivity index (χ1v) is 15.3. The van der Waals surface area contributed by atoms with Crippen molar-refractivity contribution in [1.29, 1.82) is 0 Å². The molecule has 8 nitrogen and oxygen atoms in total. The van der Waals surface area contributed by atoms with Gasteiger partial charge in [-0.15, -0.1) is 0 Å². The van der Waals surface area contributed by atoms with Crippen LogP contribution in [0.25, 0.3) is 11.2 Å². The van der Waals surface area contributed by atoms with Crippen molar-refractivity contribution in [3.8, 4) is 0 Å². The van der Waals surface area contributed by atoms with E-state index in [1.165, 1.54) is 12.8 Å². The SMILES string of the molecule is CCOC(=O)CCC1CCCN([C@@H]2CCN(c3cnc4c(C)nn(C(C)c5ccc(Cl)cc5Cl)c4n3)C[C@@H]2C)C1. The first-order valence-electron chi connectivity index (χ1n) is 14.6. The van der Waals surface area contributed by atoms with Crippen molar-refractivity contribution >= 4 is 46.2 Å². The summed E-state index contributed by atoms with van der Waals surface area (Å²) in [5, 5.41) is 6.02. The van der Waals surface area contributed by atoms with Crippen molar-refractivity contribution in [2.45, 2.75) is 71.9 Å². The van der Waals surface area contributed by atoms with Gasteiger partial charge in [0.25, 0.3) is 0 Å². The average molecular weight is 588 g/mol. The summed E-state index contributed by atoms with van der Waals surface area (Å²) < 4.78 is 7.07. The van der Waals surface area contributed by atoms with Crippen LogP contribution in [0.5, 0.6) is 0 Å². The predicted octanol–water partition coefficient (Wildman–Crippen LogP) is 6.32. The van der Waals surface area contributed by atoms with Gasteiger partial charge in [-0.05, 0) is 82.5 Å². The molecule has 2 unspecified atom stereocenters. The number of carbonyl (C=O) groups is 1. The number of hydrogen-bond donors (Lipinski definition) is 0. The minimum atomic E-state index is -0.119. The Labute approximate surface area is 247 Å². The first kappa shape index (κ1) is 29.1. The van der Waals surface area contributed by atoms with Crippen LogP contribution in [-0.2, 0) is 9.53 Å². The summed E-state index contributed by atoms with van der Waals surface area (Å²) in [5.41, 5.74) is 3.37. The zero-order valence-corrected chi connectivity index (χ0v) is 25.5. The molecule has 2 fully saturated rings. The molecule has 2 aliphatic heterocycles. The molecule has 4 heterocycles. The molecule has 0 aliphatic carbocycles. The number of rotatable bonds is 8. The number of carbonyl (C=O) groups excluding carboxylic acids is 1. The van der Waals surface area contributed by atoms with E-state index in [9.17, 15) is 4.79 Å². The molecule has 0 bridgehead atoms. The minimum Gasteiger partial charge on any atom is -0.466 e. The third-order valence-corrected chi connectivity index (χ3v) is 9.17. The Kier molecular flexibility index (Phi) is 9.18. The Bertz CT molecular complexity index is 1350. The van der Waals surface area contributed by atoms with E-state index in [-0.39, 0.29) is 12.0 Å². The molecule has 2 aromatic heterocycles. The summed E-state index contributed by atoms with van der Waals surface area (Å²) in [6.07, 6.45) is 6.82. The van der Waals surface area contributed by atoms with Gasteiger partial charge in [0.2, 0.25) is 0 Å². The van der Waals surface area contributed by atoms with Crippen LogP contribution >= 0.6 is 23.2 Å². The summed E-state index contributed by atoms with van der Waals surface area (Å²) in [7, 11) is 0. The summed E-state index contributed by atoms with van der Waals surface area (Å²) in [6, 6.07) is 5.99.